The highest BCUT2D eigenvalue weighted by Crippen LogP contribution is 2.18. The predicted molar refractivity (Wildman–Crippen MR) is 89.9 cm³/mol. The van der Waals surface area contributed by atoms with Crippen LogP contribution in [0.25, 0.3) is 0 Å². The van der Waals surface area contributed by atoms with Gasteiger partial charge in [-0.3, -0.25) is 4.79 Å². The van der Waals surface area contributed by atoms with Crippen molar-refractivity contribution in [1.82, 2.24) is 15.2 Å². The van der Waals surface area contributed by atoms with Crippen molar-refractivity contribution in [3.05, 3.63) is 53.3 Å². The molecule has 0 radical (unpaired) electrons. The molecule has 1 amide bonds. The van der Waals surface area contributed by atoms with Crippen molar-refractivity contribution in [3.63, 3.8) is 0 Å². The molecule has 116 valence electrons. The first kappa shape index (κ1) is 16.3. The number of nitrogens with one attached hydrogen (secondary N) is 2. The molecule has 0 saturated heterocycles. The molecule has 0 bridgehead atoms. The van der Waals surface area contributed by atoms with Crippen molar-refractivity contribution >= 4 is 28.9 Å². The minimum atomic E-state index is -0.167. The van der Waals surface area contributed by atoms with Gasteiger partial charge < -0.3 is 15.5 Å². The highest BCUT2D eigenvalue weighted by molar-refractivity contribution is 6.30. The van der Waals surface area contributed by atoms with Gasteiger partial charge in [-0.15, -0.1) is 0 Å². The van der Waals surface area contributed by atoms with Crippen molar-refractivity contribution < 1.29 is 4.79 Å². The molecule has 1 aromatic heterocycles. The van der Waals surface area contributed by atoms with Gasteiger partial charge in [0.15, 0.2) is 0 Å². The van der Waals surface area contributed by atoms with Gasteiger partial charge in [-0.05, 0) is 50.5 Å². The summed E-state index contributed by atoms with van der Waals surface area (Å²) in [5.41, 5.74) is 2.13. The number of benzene rings is 1. The second-order valence-electron chi connectivity index (χ2n) is 5.12. The number of hydrogen-bond donors (Lipinski definition) is 2. The zero-order chi connectivity index (χ0) is 15.9. The lowest BCUT2D eigenvalue weighted by atomic mass is 10.3. The van der Waals surface area contributed by atoms with Crippen molar-refractivity contribution in [2.75, 3.05) is 32.5 Å². The van der Waals surface area contributed by atoms with Gasteiger partial charge in [0.25, 0.3) is 5.91 Å². The van der Waals surface area contributed by atoms with Gasteiger partial charge in [-0.25, -0.2) is 4.98 Å². The standard InChI is InChI=1S/C16H19ClN4O/c1-21(2)10-9-18-16(22)15-8-7-14(11-19-15)20-13-5-3-12(17)4-6-13/h3-8,11,20H,9-10H2,1-2H3,(H,18,22). The van der Waals surface area contributed by atoms with Crippen LogP contribution in [-0.2, 0) is 0 Å². The first-order valence-corrected chi connectivity index (χ1v) is 7.34. The number of amides is 1. The summed E-state index contributed by atoms with van der Waals surface area (Å²) in [5, 5.41) is 6.71. The monoisotopic (exact) mass is 318 g/mol. The van der Waals surface area contributed by atoms with Crippen molar-refractivity contribution in [2.24, 2.45) is 0 Å². The molecular formula is C16H19ClN4O. The second-order valence-corrected chi connectivity index (χ2v) is 5.56. The van der Waals surface area contributed by atoms with E-state index in [0.717, 1.165) is 17.9 Å². The maximum absolute atomic E-state index is 11.9. The minimum Gasteiger partial charge on any atom is -0.354 e. The number of nitrogens with zero attached hydrogens (tertiary/aromatic N) is 2. The number of carbonyl (C=O) groups is 1. The predicted octanol–water partition coefficient (Wildman–Crippen LogP) is 2.77. The van der Waals surface area contributed by atoms with E-state index in [1.54, 1.807) is 12.3 Å². The van der Waals surface area contributed by atoms with Crippen molar-refractivity contribution in [2.45, 2.75) is 0 Å². The molecule has 2 aromatic rings. The fourth-order valence-corrected chi connectivity index (χ4v) is 1.91. The summed E-state index contributed by atoms with van der Waals surface area (Å²) in [6.07, 6.45) is 1.63. The second kappa shape index (κ2) is 7.77. The van der Waals surface area contributed by atoms with Crippen LogP contribution >= 0.6 is 11.6 Å². The van der Waals surface area contributed by atoms with Gasteiger partial charge in [-0.1, -0.05) is 11.6 Å². The normalized spacial score (nSPS) is 10.5. The largest absolute Gasteiger partial charge is 0.354 e. The summed E-state index contributed by atoms with van der Waals surface area (Å²) in [6.45, 7) is 1.39. The van der Waals surface area contributed by atoms with E-state index in [4.69, 9.17) is 11.6 Å². The summed E-state index contributed by atoms with van der Waals surface area (Å²) in [6, 6.07) is 10.9. The number of pyridine rings is 1. The maximum atomic E-state index is 11.9. The molecule has 0 aliphatic heterocycles. The first-order valence-electron chi connectivity index (χ1n) is 6.96. The van der Waals surface area contributed by atoms with Crippen LogP contribution in [0.1, 0.15) is 10.5 Å². The lowest BCUT2D eigenvalue weighted by Crippen LogP contribution is -2.31. The zero-order valence-electron chi connectivity index (χ0n) is 12.6. The van der Waals surface area contributed by atoms with Gasteiger partial charge in [-0.2, -0.15) is 0 Å². The Kier molecular flexibility index (Phi) is 5.75. The van der Waals surface area contributed by atoms with E-state index < -0.39 is 0 Å². The molecule has 2 rings (SSSR count). The van der Waals surface area contributed by atoms with Crippen LogP contribution in [-0.4, -0.2) is 43.0 Å². The van der Waals surface area contributed by atoms with Crippen molar-refractivity contribution in [1.29, 1.82) is 0 Å². The van der Waals surface area contributed by atoms with Crippen LogP contribution < -0.4 is 10.6 Å². The zero-order valence-corrected chi connectivity index (χ0v) is 13.4. The van der Waals surface area contributed by atoms with E-state index in [1.807, 2.05) is 49.3 Å². The molecule has 6 heteroatoms. The number of hydrogen-bond acceptors (Lipinski definition) is 4. The Balaban J connectivity index is 1.92. The first-order chi connectivity index (χ1) is 10.5. The van der Waals surface area contributed by atoms with E-state index in [-0.39, 0.29) is 5.91 Å². The van der Waals surface area contributed by atoms with Crippen LogP contribution in [0.15, 0.2) is 42.6 Å². The highest BCUT2D eigenvalue weighted by atomic mass is 35.5. The van der Waals surface area contributed by atoms with E-state index in [2.05, 4.69) is 15.6 Å². The summed E-state index contributed by atoms with van der Waals surface area (Å²) < 4.78 is 0. The maximum Gasteiger partial charge on any atom is 0.269 e. The molecule has 0 aliphatic rings. The Labute approximate surface area is 135 Å². The third kappa shape index (κ3) is 5.02. The van der Waals surface area contributed by atoms with Gasteiger partial charge in [0.2, 0.25) is 0 Å². The summed E-state index contributed by atoms with van der Waals surface area (Å²) in [4.78, 5) is 18.1. The van der Waals surface area contributed by atoms with Crippen LogP contribution in [0, 0.1) is 0 Å². The van der Waals surface area contributed by atoms with Crippen LogP contribution in [0.5, 0.6) is 0 Å². The van der Waals surface area contributed by atoms with Gasteiger partial charge in [0.05, 0.1) is 11.9 Å². The fraction of sp³-hybridized carbons (Fsp3) is 0.250. The summed E-state index contributed by atoms with van der Waals surface area (Å²) >= 11 is 5.84. The third-order valence-corrected chi connectivity index (χ3v) is 3.23. The van der Waals surface area contributed by atoms with Crippen LogP contribution in [0.2, 0.25) is 5.02 Å². The number of aromatic nitrogens is 1. The topological polar surface area (TPSA) is 57.3 Å². The van der Waals surface area contributed by atoms with E-state index >= 15 is 0 Å². The molecule has 1 heterocycles. The smallest absolute Gasteiger partial charge is 0.269 e. The van der Waals surface area contributed by atoms with E-state index in [1.165, 1.54) is 0 Å². The third-order valence-electron chi connectivity index (χ3n) is 2.97. The Hall–Kier alpha value is -2.11. The van der Waals surface area contributed by atoms with Crippen LogP contribution in [0.3, 0.4) is 0 Å². The Bertz CT molecular complexity index is 611. The molecule has 1 aromatic carbocycles. The highest BCUT2D eigenvalue weighted by Gasteiger charge is 2.06. The number of likely N-dealkylation sites (N-methyl/N-ethyl adjacent to an activating group) is 1. The van der Waals surface area contributed by atoms with E-state index in [0.29, 0.717) is 17.3 Å². The molecule has 5 nitrogen and oxygen atoms in total. The molecule has 0 fully saturated rings. The molecule has 0 spiro atoms. The molecular weight excluding hydrogens is 300 g/mol. The molecule has 0 saturated carbocycles. The average Bonchev–Trinajstić information content (AvgIpc) is 2.50. The summed E-state index contributed by atoms with van der Waals surface area (Å²) in [5.74, 6) is -0.167. The van der Waals surface area contributed by atoms with Gasteiger partial charge >= 0.3 is 0 Å². The molecule has 22 heavy (non-hydrogen) atoms. The fourth-order valence-electron chi connectivity index (χ4n) is 1.79. The lowest BCUT2D eigenvalue weighted by Gasteiger charge is -2.10. The quantitative estimate of drug-likeness (QED) is 0.860. The SMILES string of the molecule is CN(C)CCNC(=O)c1ccc(Nc2ccc(Cl)cc2)cn1. The van der Waals surface area contributed by atoms with Gasteiger partial charge in [0, 0.05) is 23.8 Å². The molecule has 0 atom stereocenters. The number of rotatable bonds is 6. The van der Waals surface area contributed by atoms with E-state index in [9.17, 15) is 4.79 Å². The summed E-state index contributed by atoms with van der Waals surface area (Å²) in [7, 11) is 3.92. The number of carbonyl (C=O) groups excluding carboxylic acids is 1. The molecule has 0 aliphatic carbocycles. The van der Waals surface area contributed by atoms with Gasteiger partial charge in [0.1, 0.15) is 5.69 Å². The van der Waals surface area contributed by atoms with Crippen LogP contribution in [0.4, 0.5) is 11.4 Å². The number of halogens is 1. The Morgan fingerprint density at radius 3 is 2.41 bits per heavy atom. The molecule has 0 unspecified atom stereocenters. The Morgan fingerprint density at radius 1 is 1.14 bits per heavy atom. The number of anilines is 2. The Morgan fingerprint density at radius 2 is 1.82 bits per heavy atom. The lowest BCUT2D eigenvalue weighted by molar-refractivity contribution is 0.0946. The molecule has 2 N–H and O–H groups in total. The minimum absolute atomic E-state index is 0.167. The van der Waals surface area contributed by atoms with Crippen molar-refractivity contribution in [3.8, 4) is 0 Å². The average molecular weight is 319 g/mol.